The van der Waals surface area contributed by atoms with E-state index in [-0.39, 0.29) is 16.8 Å². The van der Waals surface area contributed by atoms with Crippen molar-refractivity contribution in [3.05, 3.63) is 64.7 Å². The molecule has 0 heterocycles. The summed E-state index contributed by atoms with van der Waals surface area (Å²) in [5, 5.41) is 8.62. The number of sulfonamides is 1. The molecule has 2 rings (SSSR count). The van der Waals surface area contributed by atoms with E-state index in [0.29, 0.717) is 17.9 Å². The summed E-state index contributed by atoms with van der Waals surface area (Å²) >= 11 is 5.85. The first kappa shape index (κ1) is 18.4. The number of hydrogen-bond donors (Lipinski definition) is 2. The lowest BCUT2D eigenvalue weighted by atomic mass is 10.1. The van der Waals surface area contributed by atoms with E-state index in [9.17, 15) is 13.2 Å². The molecule has 2 aromatic carbocycles. The molecule has 128 valence electrons. The number of carbonyl (C=O) groups is 1. The highest BCUT2D eigenvalue weighted by molar-refractivity contribution is 7.89. The molecule has 24 heavy (non-hydrogen) atoms. The van der Waals surface area contributed by atoms with E-state index >= 15 is 0 Å². The Morgan fingerprint density at radius 2 is 1.71 bits per heavy atom. The van der Waals surface area contributed by atoms with Crippen molar-refractivity contribution in [3.63, 3.8) is 0 Å². The molecule has 0 saturated heterocycles. The topological polar surface area (TPSA) is 89.3 Å². The van der Waals surface area contributed by atoms with Crippen LogP contribution in [0.3, 0.4) is 0 Å². The number of aryl methyl sites for hydroxylation is 1. The van der Waals surface area contributed by atoms with E-state index in [1.165, 1.54) is 12.1 Å². The highest BCUT2D eigenvalue weighted by Crippen LogP contribution is 2.16. The largest absolute Gasteiger partial charge is 0.350 e. The minimum atomic E-state index is -3.69. The maximum atomic E-state index is 12.0. The third-order valence-electron chi connectivity index (χ3n) is 3.64. The predicted molar refractivity (Wildman–Crippen MR) is 94.1 cm³/mol. The maximum absolute atomic E-state index is 12.0. The van der Waals surface area contributed by atoms with Gasteiger partial charge in [-0.2, -0.15) is 0 Å². The van der Waals surface area contributed by atoms with Crippen LogP contribution in [0.4, 0.5) is 0 Å². The second kappa shape index (κ2) is 7.79. The molecule has 7 heteroatoms. The first-order valence-electron chi connectivity index (χ1n) is 7.42. The van der Waals surface area contributed by atoms with Crippen LogP contribution in [0.15, 0.2) is 53.4 Å². The molecule has 0 aromatic heterocycles. The van der Waals surface area contributed by atoms with E-state index in [2.05, 4.69) is 5.32 Å². The maximum Gasteiger partial charge on any atom is 0.238 e. The summed E-state index contributed by atoms with van der Waals surface area (Å²) in [5.74, 6) is -0.0760. The number of primary sulfonamides is 1. The Morgan fingerprint density at radius 3 is 2.25 bits per heavy atom. The zero-order valence-electron chi connectivity index (χ0n) is 13.2. The Bertz CT molecular complexity index is 803. The predicted octanol–water partition coefficient (Wildman–Crippen LogP) is 2.80. The number of nitrogens with one attached hydrogen (secondary N) is 1. The van der Waals surface area contributed by atoms with Crippen LogP contribution in [-0.2, 0) is 21.2 Å². The fourth-order valence-corrected chi connectivity index (χ4v) is 2.89. The normalized spacial score (nSPS) is 12.6. The number of rotatable bonds is 6. The van der Waals surface area contributed by atoms with Gasteiger partial charge in [0.25, 0.3) is 0 Å². The van der Waals surface area contributed by atoms with Crippen LogP contribution in [0.1, 0.15) is 30.5 Å². The summed E-state index contributed by atoms with van der Waals surface area (Å²) in [7, 11) is -3.69. The van der Waals surface area contributed by atoms with Crippen LogP contribution in [0, 0.1) is 0 Å². The molecule has 0 unspecified atom stereocenters. The first-order chi connectivity index (χ1) is 11.3. The van der Waals surface area contributed by atoms with Crippen LogP contribution in [0.2, 0.25) is 5.02 Å². The molecule has 0 aliphatic carbocycles. The molecule has 0 fully saturated rings. The van der Waals surface area contributed by atoms with Crippen molar-refractivity contribution in [1.82, 2.24) is 5.32 Å². The summed E-state index contributed by atoms with van der Waals surface area (Å²) in [6.07, 6.45) is 0.830. The average Bonchev–Trinajstić information content (AvgIpc) is 2.53. The number of halogens is 1. The van der Waals surface area contributed by atoms with Crippen LogP contribution >= 0.6 is 11.6 Å². The smallest absolute Gasteiger partial charge is 0.238 e. The number of carbonyl (C=O) groups excluding carboxylic acids is 1. The van der Waals surface area contributed by atoms with Crippen LogP contribution < -0.4 is 10.5 Å². The van der Waals surface area contributed by atoms with Crippen molar-refractivity contribution in [2.75, 3.05) is 0 Å². The lowest BCUT2D eigenvalue weighted by Gasteiger charge is -2.14. The van der Waals surface area contributed by atoms with Gasteiger partial charge in [0.1, 0.15) is 0 Å². The number of hydrogen-bond acceptors (Lipinski definition) is 3. The second-order valence-corrected chi connectivity index (χ2v) is 7.53. The van der Waals surface area contributed by atoms with Gasteiger partial charge in [-0.3, -0.25) is 4.79 Å². The Labute approximate surface area is 146 Å². The molecule has 0 saturated carbocycles. The Balaban J connectivity index is 1.87. The second-order valence-electron chi connectivity index (χ2n) is 5.53. The summed E-state index contributed by atoms with van der Waals surface area (Å²) in [5.41, 5.74) is 1.85. The number of amides is 1. The highest BCUT2D eigenvalue weighted by Gasteiger charge is 2.11. The zero-order chi connectivity index (χ0) is 17.7. The third-order valence-corrected chi connectivity index (χ3v) is 4.82. The van der Waals surface area contributed by atoms with Crippen molar-refractivity contribution < 1.29 is 13.2 Å². The number of nitrogens with two attached hydrogens (primary N) is 1. The van der Waals surface area contributed by atoms with E-state index < -0.39 is 10.0 Å². The van der Waals surface area contributed by atoms with E-state index in [1.54, 1.807) is 24.3 Å². The highest BCUT2D eigenvalue weighted by atomic mass is 35.5. The molecule has 3 N–H and O–H groups in total. The summed E-state index contributed by atoms with van der Waals surface area (Å²) in [4.78, 5) is 12.1. The zero-order valence-corrected chi connectivity index (χ0v) is 14.8. The average molecular weight is 367 g/mol. The van der Waals surface area contributed by atoms with Gasteiger partial charge in [-0.1, -0.05) is 35.9 Å². The molecule has 0 bridgehead atoms. The molecular formula is C17H19ClN2O3S. The Kier molecular flexibility index (Phi) is 5.99. The standard InChI is InChI=1S/C17H19ClN2O3S/c1-12(14-5-7-15(18)8-6-14)20-17(21)11-4-13-2-9-16(10-3-13)24(19,22)23/h2-3,5-10,12H,4,11H2,1H3,(H,20,21)(H2,19,22,23)/t12-/m0/s1. The molecule has 0 aliphatic heterocycles. The summed E-state index contributed by atoms with van der Waals surface area (Å²) in [6.45, 7) is 1.90. The van der Waals surface area contributed by atoms with Crippen LogP contribution in [0.25, 0.3) is 0 Å². The summed E-state index contributed by atoms with van der Waals surface area (Å²) < 4.78 is 22.4. The Morgan fingerprint density at radius 1 is 1.12 bits per heavy atom. The lowest BCUT2D eigenvalue weighted by molar-refractivity contribution is -0.121. The van der Waals surface area contributed by atoms with Gasteiger partial charge in [-0.15, -0.1) is 0 Å². The van der Waals surface area contributed by atoms with Crippen LogP contribution in [-0.4, -0.2) is 14.3 Å². The van der Waals surface area contributed by atoms with Gasteiger partial charge in [0, 0.05) is 11.4 Å². The number of benzene rings is 2. The summed E-state index contributed by atoms with van der Waals surface area (Å²) in [6, 6.07) is 13.4. The SMILES string of the molecule is C[C@H](NC(=O)CCc1ccc(S(N)(=O)=O)cc1)c1ccc(Cl)cc1. The van der Waals surface area contributed by atoms with Gasteiger partial charge in [0.15, 0.2) is 0 Å². The fraction of sp³-hybridized carbons (Fsp3) is 0.235. The molecular weight excluding hydrogens is 348 g/mol. The van der Waals surface area contributed by atoms with E-state index in [4.69, 9.17) is 16.7 Å². The van der Waals surface area contributed by atoms with Gasteiger partial charge < -0.3 is 5.32 Å². The minimum absolute atomic E-state index is 0.0621. The molecule has 0 aliphatic rings. The molecule has 5 nitrogen and oxygen atoms in total. The fourth-order valence-electron chi connectivity index (χ4n) is 2.25. The molecule has 1 amide bonds. The molecule has 0 spiro atoms. The van der Waals surface area contributed by atoms with Gasteiger partial charge in [-0.25, -0.2) is 13.6 Å². The quantitative estimate of drug-likeness (QED) is 0.823. The molecule has 2 aromatic rings. The van der Waals surface area contributed by atoms with Crippen molar-refractivity contribution in [2.24, 2.45) is 5.14 Å². The lowest BCUT2D eigenvalue weighted by Crippen LogP contribution is -2.26. The molecule has 0 radical (unpaired) electrons. The molecule has 1 atom stereocenters. The van der Waals surface area contributed by atoms with Crippen molar-refractivity contribution >= 4 is 27.5 Å². The monoisotopic (exact) mass is 366 g/mol. The van der Waals surface area contributed by atoms with Crippen LogP contribution in [0.5, 0.6) is 0 Å². The van der Waals surface area contributed by atoms with E-state index in [1.807, 2.05) is 19.1 Å². The van der Waals surface area contributed by atoms with Crippen molar-refractivity contribution in [1.29, 1.82) is 0 Å². The van der Waals surface area contributed by atoms with Crippen molar-refractivity contribution in [3.8, 4) is 0 Å². The van der Waals surface area contributed by atoms with Gasteiger partial charge in [0.2, 0.25) is 15.9 Å². The van der Waals surface area contributed by atoms with E-state index in [0.717, 1.165) is 11.1 Å². The van der Waals surface area contributed by atoms with Gasteiger partial charge in [-0.05, 0) is 48.7 Å². The van der Waals surface area contributed by atoms with Gasteiger partial charge in [0.05, 0.1) is 10.9 Å². The first-order valence-corrected chi connectivity index (χ1v) is 9.35. The Hall–Kier alpha value is -1.89. The minimum Gasteiger partial charge on any atom is -0.350 e. The van der Waals surface area contributed by atoms with Crippen molar-refractivity contribution in [2.45, 2.75) is 30.7 Å². The van der Waals surface area contributed by atoms with Gasteiger partial charge >= 0.3 is 0 Å². The third kappa shape index (κ3) is 5.33.